The van der Waals surface area contributed by atoms with Gasteiger partial charge in [0.15, 0.2) is 23.2 Å². The summed E-state index contributed by atoms with van der Waals surface area (Å²) >= 11 is 0. The van der Waals surface area contributed by atoms with Crippen LogP contribution in [0.2, 0.25) is 0 Å². The lowest BCUT2D eigenvalue weighted by atomic mass is 10.1. The van der Waals surface area contributed by atoms with Crippen LogP contribution in [0.1, 0.15) is 6.23 Å². The van der Waals surface area contributed by atoms with Crippen LogP contribution < -0.4 is 4.90 Å². The monoisotopic (exact) mass is 337 g/mol. The van der Waals surface area contributed by atoms with Gasteiger partial charge in [-0.1, -0.05) is 0 Å². The molecule has 130 valence electrons. The number of morpholine rings is 1. The lowest BCUT2D eigenvalue weighted by Gasteiger charge is -2.27. The zero-order valence-electron chi connectivity index (χ0n) is 12.9. The first-order chi connectivity index (χ1) is 11.7. The predicted octanol–water partition coefficient (Wildman–Crippen LogP) is -1.73. The molecule has 2 fully saturated rings. The minimum absolute atomic E-state index is 0.380. The molecule has 0 aromatic carbocycles. The summed E-state index contributed by atoms with van der Waals surface area (Å²) < 4.78 is 12.5. The molecule has 0 bridgehead atoms. The van der Waals surface area contributed by atoms with E-state index in [1.165, 1.54) is 12.7 Å². The fraction of sp³-hybridized carbons (Fsp3) is 0.643. The van der Waals surface area contributed by atoms with E-state index in [9.17, 15) is 15.3 Å². The van der Waals surface area contributed by atoms with Crippen LogP contribution in [0.25, 0.3) is 11.2 Å². The molecule has 2 aromatic rings. The molecule has 3 N–H and O–H groups in total. The first-order valence-electron chi connectivity index (χ1n) is 7.83. The number of aliphatic hydroxyl groups excluding tert-OH is 3. The normalized spacial score (nSPS) is 31.0. The Morgan fingerprint density at radius 2 is 1.92 bits per heavy atom. The Morgan fingerprint density at radius 1 is 1.12 bits per heavy atom. The van der Waals surface area contributed by atoms with Gasteiger partial charge >= 0.3 is 0 Å². The molecule has 2 aliphatic heterocycles. The number of nitrogens with zero attached hydrogens (tertiary/aromatic N) is 5. The van der Waals surface area contributed by atoms with Gasteiger partial charge in [-0.2, -0.15) is 0 Å². The highest BCUT2D eigenvalue weighted by atomic mass is 16.6. The molecule has 4 rings (SSSR count). The number of rotatable bonds is 3. The van der Waals surface area contributed by atoms with Crippen molar-refractivity contribution in [2.24, 2.45) is 0 Å². The van der Waals surface area contributed by atoms with E-state index in [1.54, 1.807) is 4.57 Å². The molecule has 0 saturated carbocycles. The number of aliphatic hydroxyl groups is 3. The summed E-state index contributed by atoms with van der Waals surface area (Å²) in [4.78, 5) is 15.0. The summed E-state index contributed by atoms with van der Waals surface area (Å²) in [7, 11) is 0. The molecule has 0 aliphatic carbocycles. The Bertz CT molecular complexity index is 719. The van der Waals surface area contributed by atoms with Gasteiger partial charge in [0.05, 0.1) is 26.1 Å². The van der Waals surface area contributed by atoms with Crippen molar-refractivity contribution in [3.63, 3.8) is 0 Å². The third-order valence-electron chi connectivity index (χ3n) is 4.44. The predicted molar refractivity (Wildman–Crippen MR) is 81.4 cm³/mol. The van der Waals surface area contributed by atoms with Crippen LogP contribution in [0.4, 0.5) is 5.82 Å². The minimum atomic E-state index is -1.18. The second kappa shape index (κ2) is 6.22. The highest BCUT2D eigenvalue weighted by molar-refractivity contribution is 5.83. The SMILES string of the molecule is OC[C@@H]1O[C@@H](n2cnc3c(N4CCOCC4)ncnc32)[C@H](O)[C@@H]1O. The second-order valence-corrected chi connectivity index (χ2v) is 5.85. The summed E-state index contributed by atoms with van der Waals surface area (Å²) in [6.07, 6.45) is -1.12. The average Bonchev–Trinajstić information content (AvgIpc) is 3.17. The van der Waals surface area contributed by atoms with Crippen LogP contribution in [0.15, 0.2) is 12.7 Å². The molecule has 0 spiro atoms. The van der Waals surface area contributed by atoms with Gasteiger partial charge in [0.1, 0.15) is 24.6 Å². The second-order valence-electron chi connectivity index (χ2n) is 5.85. The molecule has 0 unspecified atom stereocenters. The molecule has 10 heteroatoms. The Kier molecular flexibility index (Phi) is 4.06. The Morgan fingerprint density at radius 3 is 2.62 bits per heavy atom. The van der Waals surface area contributed by atoms with Gasteiger partial charge in [0, 0.05) is 13.1 Å². The van der Waals surface area contributed by atoms with Gasteiger partial charge in [0.2, 0.25) is 0 Å². The molecule has 4 heterocycles. The van der Waals surface area contributed by atoms with Crippen LogP contribution in [0, 0.1) is 0 Å². The lowest BCUT2D eigenvalue weighted by molar-refractivity contribution is -0.0511. The van der Waals surface area contributed by atoms with Gasteiger partial charge in [-0.25, -0.2) is 15.0 Å². The maximum Gasteiger partial charge on any atom is 0.167 e. The number of fused-ring (bicyclic) bond motifs is 1. The molecule has 2 saturated heterocycles. The van der Waals surface area contributed by atoms with E-state index in [4.69, 9.17) is 9.47 Å². The van der Waals surface area contributed by atoms with Crippen molar-refractivity contribution in [2.75, 3.05) is 37.8 Å². The fourth-order valence-electron chi connectivity index (χ4n) is 3.14. The fourth-order valence-corrected chi connectivity index (χ4v) is 3.14. The van der Waals surface area contributed by atoms with Crippen molar-refractivity contribution in [1.82, 2.24) is 19.5 Å². The number of imidazole rings is 1. The molecule has 10 nitrogen and oxygen atoms in total. The number of ether oxygens (including phenoxy) is 2. The molecule has 2 aliphatic rings. The van der Waals surface area contributed by atoms with E-state index >= 15 is 0 Å². The van der Waals surface area contributed by atoms with E-state index in [0.717, 1.165) is 0 Å². The Hall–Kier alpha value is -1.85. The van der Waals surface area contributed by atoms with Gasteiger partial charge in [-0.05, 0) is 0 Å². The van der Waals surface area contributed by atoms with E-state index in [0.29, 0.717) is 43.3 Å². The first-order valence-corrected chi connectivity index (χ1v) is 7.83. The lowest BCUT2D eigenvalue weighted by Crippen LogP contribution is -2.37. The number of hydrogen-bond donors (Lipinski definition) is 3. The third kappa shape index (κ3) is 2.43. The molecular weight excluding hydrogens is 318 g/mol. The maximum atomic E-state index is 10.2. The van der Waals surface area contributed by atoms with E-state index in [1.807, 2.05) is 0 Å². The highest BCUT2D eigenvalue weighted by Gasteiger charge is 2.44. The quantitative estimate of drug-likeness (QED) is 0.599. The van der Waals surface area contributed by atoms with Gasteiger partial charge < -0.3 is 29.7 Å². The van der Waals surface area contributed by atoms with E-state index in [-0.39, 0.29) is 6.61 Å². The van der Waals surface area contributed by atoms with Crippen molar-refractivity contribution in [2.45, 2.75) is 24.5 Å². The summed E-state index contributed by atoms with van der Waals surface area (Å²) in [6, 6.07) is 0. The molecule has 0 radical (unpaired) electrons. The van der Waals surface area contributed by atoms with Crippen LogP contribution >= 0.6 is 0 Å². The summed E-state index contributed by atoms with van der Waals surface area (Å²) in [5, 5.41) is 29.4. The topological polar surface area (TPSA) is 126 Å². The standard InChI is InChI=1S/C14H19N5O5/c20-5-8-10(21)11(22)14(24-8)19-7-17-9-12(15-6-16-13(9)19)18-1-3-23-4-2-18/h6-8,10-11,14,20-22H,1-5H2/t8-,10+,11+,14+/m0/s1. The van der Waals surface area contributed by atoms with Crippen molar-refractivity contribution in [1.29, 1.82) is 0 Å². The average molecular weight is 337 g/mol. The number of hydrogen-bond acceptors (Lipinski definition) is 9. The Labute approximate surface area is 137 Å². The number of anilines is 1. The number of aromatic nitrogens is 4. The van der Waals surface area contributed by atoms with Crippen molar-refractivity contribution < 1.29 is 24.8 Å². The van der Waals surface area contributed by atoms with Crippen molar-refractivity contribution in [3.05, 3.63) is 12.7 Å². The van der Waals surface area contributed by atoms with Crippen LogP contribution in [0.5, 0.6) is 0 Å². The van der Waals surface area contributed by atoms with Crippen LogP contribution in [-0.2, 0) is 9.47 Å². The largest absolute Gasteiger partial charge is 0.394 e. The van der Waals surface area contributed by atoms with Crippen molar-refractivity contribution >= 4 is 17.0 Å². The van der Waals surface area contributed by atoms with Gasteiger partial charge in [-0.3, -0.25) is 4.57 Å². The molecule has 0 amide bonds. The Balaban J connectivity index is 1.71. The summed E-state index contributed by atoms with van der Waals surface area (Å²) in [5.41, 5.74) is 1.10. The molecular formula is C14H19N5O5. The smallest absolute Gasteiger partial charge is 0.167 e. The first kappa shape index (κ1) is 15.7. The van der Waals surface area contributed by atoms with Gasteiger partial charge in [0.25, 0.3) is 0 Å². The maximum absolute atomic E-state index is 10.2. The minimum Gasteiger partial charge on any atom is -0.394 e. The highest BCUT2D eigenvalue weighted by Crippen LogP contribution is 2.32. The molecule has 4 atom stereocenters. The van der Waals surface area contributed by atoms with E-state index in [2.05, 4.69) is 19.9 Å². The van der Waals surface area contributed by atoms with Crippen LogP contribution in [0.3, 0.4) is 0 Å². The van der Waals surface area contributed by atoms with Crippen molar-refractivity contribution in [3.8, 4) is 0 Å². The summed E-state index contributed by atoms with van der Waals surface area (Å²) in [6.45, 7) is 2.30. The zero-order valence-corrected chi connectivity index (χ0v) is 12.9. The zero-order chi connectivity index (χ0) is 16.7. The van der Waals surface area contributed by atoms with Gasteiger partial charge in [-0.15, -0.1) is 0 Å². The summed E-state index contributed by atoms with van der Waals surface area (Å²) in [5.74, 6) is 0.703. The third-order valence-corrected chi connectivity index (χ3v) is 4.44. The molecule has 2 aromatic heterocycles. The van der Waals surface area contributed by atoms with Crippen LogP contribution in [-0.4, -0.2) is 86.1 Å². The van der Waals surface area contributed by atoms with E-state index < -0.39 is 24.5 Å². The molecule has 24 heavy (non-hydrogen) atoms.